The summed E-state index contributed by atoms with van der Waals surface area (Å²) in [5.74, 6) is 0.539. The summed E-state index contributed by atoms with van der Waals surface area (Å²) in [4.78, 5) is 1.15. The van der Waals surface area contributed by atoms with Crippen molar-refractivity contribution in [2.75, 3.05) is 7.05 Å². The molecule has 5 heteroatoms. The highest BCUT2D eigenvalue weighted by atomic mass is 79.9. The largest absolute Gasteiger partial charge is 0.459 e. The van der Waals surface area contributed by atoms with Crippen molar-refractivity contribution >= 4 is 38.2 Å². The van der Waals surface area contributed by atoms with Crippen molar-refractivity contribution < 1.29 is 8.81 Å². The number of fused-ring (bicyclic) bond motifs is 1. The Bertz CT molecular complexity index is 721. The van der Waals surface area contributed by atoms with E-state index in [1.807, 2.05) is 25.2 Å². The molecule has 0 bridgehead atoms. The van der Waals surface area contributed by atoms with Gasteiger partial charge in [0.2, 0.25) is 0 Å². The van der Waals surface area contributed by atoms with E-state index in [1.165, 1.54) is 12.1 Å². The Hall–Kier alpha value is -1.17. The maximum Gasteiger partial charge on any atom is 0.134 e. The highest BCUT2D eigenvalue weighted by molar-refractivity contribution is 9.11. The molecule has 2 nitrogen and oxygen atoms in total. The summed E-state index contributed by atoms with van der Waals surface area (Å²) in [6.07, 6.45) is 0. The highest BCUT2D eigenvalue weighted by Crippen LogP contribution is 2.33. The van der Waals surface area contributed by atoms with E-state index < -0.39 is 0 Å². The molecule has 0 saturated carbocycles. The minimum Gasteiger partial charge on any atom is -0.459 e. The smallest absolute Gasteiger partial charge is 0.134 e. The van der Waals surface area contributed by atoms with Crippen LogP contribution in [-0.4, -0.2) is 7.05 Å². The number of rotatable bonds is 3. The third kappa shape index (κ3) is 2.45. The molecule has 0 spiro atoms. The van der Waals surface area contributed by atoms with Gasteiger partial charge in [-0.05, 0) is 59.4 Å². The molecular weight excluding hydrogens is 329 g/mol. The van der Waals surface area contributed by atoms with E-state index in [9.17, 15) is 4.39 Å². The quantitative estimate of drug-likeness (QED) is 0.747. The topological polar surface area (TPSA) is 25.2 Å². The molecule has 0 aliphatic carbocycles. The molecule has 3 rings (SSSR count). The van der Waals surface area contributed by atoms with E-state index in [1.54, 1.807) is 17.4 Å². The molecule has 1 N–H and O–H groups in total. The minimum absolute atomic E-state index is 0.0215. The number of furan rings is 1. The van der Waals surface area contributed by atoms with Gasteiger partial charge >= 0.3 is 0 Å². The molecular formula is C14H11BrFNOS. The molecule has 0 amide bonds. The molecule has 3 aromatic rings. The summed E-state index contributed by atoms with van der Waals surface area (Å²) in [6, 6.07) is 10.5. The molecule has 1 aromatic carbocycles. The maximum absolute atomic E-state index is 13.2. The second kappa shape index (κ2) is 5.07. The second-order valence-electron chi connectivity index (χ2n) is 4.19. The monoisotopic (exact) mass is 339 g/mol. The van der Waals surface area contributed by atoms with E-state index in [2.05, 4.69) is 21.2 Å². The standard InChI is InChI=1S/C14H11BrFNOS/c1-17-14(12-4-5-13(15)19-12)11-7-8-6-9(16)2-3-10(8)18-11/h2-7,14,17H,1H3. The number of hydrogen-bond acceptors (Lipinski definition) is 3. The summed E-state index contributed by atoms with van der Waals surface area (Å²) >= 11 is 5.11. The summed E-state index contributed by atoms with van der Waals surface area (Å²) in [5, 5.41) is 4.01. The SMILES string of the molecule is CNC(c1cc2cc(F)ccc2o1)c1ccc(Br)s1. The van der Waals surface area contributed by atoms with Crippen LogP contribution in [0.25, 0.3) is 11.0 Å². The number of halogens is 2. The lowest BCUT2D eigenvalue weighted by molar-refractivity contribution is 0.495. The van der Waals surface area contributed by atoms with Gasteiger partial charge in [-0.2, -0.15) is 0 Å². The molecule has 0 aliphatic heterocycles. The Morgan fingerprint density at radius 1 is 1.26 bits per heavy atom. The van der Waals surface area contributed by atoms with E-state index in [0.717, 1.165) is 19.8 Å². The van der Waals surface area contributed by atoms with Crippen molar-refractivity contribution in [2.45, 2.75) is 6.04 Å². The Kier molecular flexibility index (Phi) is 3.43. The first-order chi connectivity index (χ1) is 9.17. The van der Waals surface area contributed by atoms with Gasteiger partial charge in [0, 0.05) is 10.3 Å². The number of nitrogens with one attached hydrogen (secondary N) is 1. The normalized spacial score (nSPS) is 13.0. The van der Waals surface area contributed by atoms with Gasteiger partial charge < -0.3 is 9.73 Å². The minimum atomic E-state index is -0.250. The fourth-order valence-corrected chi connectivity index (χ4v) is 3.63. The predicted octanol–water partition coefficient (Wildman–Crippen LogP) is 4.70. The van der Waals surface area contributed by atoms with Crippen LogP contribution in [0.15, 0.2) is 44.6 Å². The van der Waals surface area contributed by atoms with Crippen LogP contribution in [0.5, 0.6) is 0 Å². The van der Waals surface area contributed by atoms with Gasteiger partial charge in [-0.1, -0.05) is 0 Å². The van der Waals surface area contributed by atoms with Crippen molar-refractivity contribution in [1.29, 1.82) is 0 Å². The molecule has 98 valence electrons. The first-order valence-corrected chi connectivity index (χ1v) is 7.40. The number of benzene rings is 1. The van der Waals surface area contributed by atoms with Crippen molar-refractivity contribution in [3.63, 3.8) is 0 Å². The summed E-state index contributed by atoms with van der Waals surface area (Å²) in [6.45, 7) is 0. The van der Waals surface area contributed by atoms with Gasteiger partial charge in [0.15, 0.2) is 0 Å². The lowest BCUT2D eigenvalue weighted by Gasteiger charge is -2.10. The molecule has 0 radical (unpaired) electrons. The lowest BCUT2D eigenvalue weighted by atomic mass is 10.1. The fourth-order valence-electron chi connectivity index (χ4n) is 2.09. The van der Waals surface area contributed by atoms with Gasteiger partial charge in [-0.25, -0.2) is 4.39 Å². The molecule has 2 aromatic heterocycles. The number of hydrogen-bond donors (Lipinski definition) is 1. The number of thiophene rings is 1. The van der Waals surface area contributed by atoms with Crippen molar-refractivity contribution in [3.8, 4) is 0 Å². The molecule has 0 saturated heterocycles. The van der Waals surface area contributed by atoms with E-state index in [-0.39, 0.29) is 11.9 Å². The maximum atomic E-state index is 13.2. The summed E-state index contributed by atoms with van der Waals surface area (Å²) < 4.78 is 20.1. The molecule has 1 atom stereocenters. The summed E-state index contributed by atoms with van der Waals surface area (Å²) in [7, 11) is 1.88. The third-order valence-corrected chi connectivity index (χ3v) is 4.64. The van der Waals surface area contributed by atoms with Gasteiger partial charge in [0.25, 0.3) is 0 Å². The Morgan fingerprint density at radius 3 is 2.79 bits per heavy atom. The first kappa shape index (κ1) is 12.8. The van der Waals surface area contributed by atoms with E-state index in [0.29, 0.717) is 5.58 Å². The molecule has 0 aliphatic rings. The summed E-state index contributed by atoms with van der Waals surface area (Å²) in [5.41, 5.74) is 0.701. The van der Waals surface area contributed by atoms with E-state index >= 15 is 0 Å². The molecule has 19 heavy (non-hydrogen) atoms. The molecule has 0 fully saturated rings. The van der Waals surface area contributed by atoms with E-state index in [4.69, 9.17) is 4.42 Å². The Balaban J connectivity index is 2.06. The lowest BCUT2D eigenvalue weighted by Crippen LogP contribution is -2.15. The van der Waals surface area contributed by atoms with Crippen LogP contribution in [0.2, 0.25) is 0 Å². The zero-order chi connectivity index (χ0) is 13.4. The highest BCUT2D eigenvalue weighted by Gasteiger charge is 2.18. The fraction of sp³-hybridized carbons (Fsp3) is 0.143. The van der Waals surface area contributed by atoms with Gasteiger partial charge in [-0.15, -0.1) is 11.3 Å². The average Bonchev–Trinajstić information content (AvgIpc) is 2.96. The third-order valence-electron chi connectivity index (χ3n) is 2.95. The molecule has 2 heterocycles. The zero-order valence-corrected chi connectivity index (χ0v) is 12.5. The van der Waals surface area contributed by atoms with Gasteiger partial charge in [0.05, 0.1) is 3.79 Å². The Morgan fingerprint density at radius 2 is 2.11 bits per heavy atom. The van der Waals surface area contributed by atoms with Crippen LogP contribution in [0.3, 0.4) is 0 Å². The zero-order valence-electron chi connectivity index (χ0n) is 10.1. The average molecular weight is 340 g/mol. The van der Waals surface area contributed by atoms with Crippen LogP contribution >= 0.6 is 27.3 Å². The first-order valence-electron chi connectivity index (χ1n) is 5.79. The van der Waals surface area contributed by atoms with Crippen LogP contribution in [0, 0.1) is 5.82 Å². The van der Waals surface area contributed by atoms with Crippen molar-refractivity contribution in [2.24, 2.45) is 0 Å². The van der Waals surface area contributed by atoms with Crippen LogP contribution < -0.4 is 5.32 Å². The van der Waals surface area contributed by atoms with Crippen molar-refractivity contribution in [3.05, 3.63) is 56.6 Å². The second-order valence-corrected chi connectivity index (χ2v) is 6.69. The van der Waals surface area contributed by atoms with Crippen LogP contribution in [0.1, 0.15) is 16.7 Å². The van der Waals surface area contributed by atoms with Gasteiger partial charge in [-0.3, -0.25) is 0 Å². The Labute approximate surface area is 122 Å². The van der Waals surface area contributed by atoms with Crippen LogP contribution in [-0.2, 0) is 0 Å². The van der Waals surface area contributed by atoms with Gasteiger partial charge in [0.1, 0.15) is 23.2 Å². The van der Waals surface area contributed by atoms with Crippen molar-refractivity contribution in [1.82, 2.24) is 5.32 Å². The predicted molar refractivity (Wildman–Crippen MR) is 79.1 cm³/mol. The molecule has 1 unspecified atom stereocenters. The van der Waals surface area contributed by atoms with Crippen LogP contribution in [0.4, 0.5) is 4.39 Å².